The molecule has 0 fully saturated rings. The van der Waals surface area contributed by atoms with Crippen molar-refractivity contribution >= 4 is 24.0 Å². The zero-order chi connectivity index (χ0) is 25.0. The monoisotopic (exact) mass is 475 g/mol. The molecule has 9 heteroatoms. The van der Waals surface area contributed by atoms with E-state index in [9.17, 15) is 14.4 Å². The Morgan fingerprint density at radius 2 is 1.66 bits per heavy atom. The van der Waals surface area contributed by atoms with Gasteiger partial charge in [-0.05, 0) is 67.1 Å². The van der Waals surface area contributed by atoms with Gasteiger partial charge in [-0.3, -0.25) is 9.59 Å². The molecule has 2 amide bonds. The van der Waals surface area contributed by atoms with Crippen LogP contribution in [0.4, 0.5) is 0 Å². The van der Waals surface area contributed by atoms with Crippen molar-refractivity contribution in [1.82, 2.24) is 10.7 Å². The summed E-state index contributed by atoms with van der Waals surface area (Å²) in [7, 11) is 1.45. The second-order valence-corrected chi connectivity index (χ2v) is 7.10. The lowest BCUT2D eigenvalue weighted by molar-refractivity contribution is -0.120. The molecule has 0 aliphatic heterocycles. The maximum atomic E-state index is 12.3. The summed E-state index contributed by atoms with van der Waals surface area (Å²) in [6.07, 6.45) is 1.40. The topological polar surface area (TPSA) is 115 Å². The summed E-state index contributed by atoms with van der Waals surface area (Å²) < 4.78 is 16.0. The van der Waals surface area contributed by atoms with Gasteiger partial charge in [0.25, 0.3) is 11.8 Å². The molecule has 0 aromatic heterocycles. The lowest BCUT2D eigenvalue weighted by Crippen LogP contribution is -2.34. The number of hydrogen-bond donors (Lipinski definition) is 2. The van der Waals surface area contributed by atoms with Gasteiger partial charge in [-0.25, -0.2) is 10.2 Å². The van der Waals surface area contributed by atoms with Gasteiger partial charge in [-0.1, -0.05) is 18.2 Å². The highest BCUT2D eigenvalue weighted by Crippen LogP contribution is 2.28. The Bertz CT molecular complexity index is 1190. The van der Waals surface area contributed by atoms with Crippen LogP contribution in [0.25, 0.3) is 0 Å². The Hall–Kier alpha value is -4.66. The predicted molar refractivity (Wildman–Crippen MR) is 130 cm³/mol. The van der Waals surface area contributed by atoms with Crippen LogP contribution in [0.15, 0.2) is 77.9 Å². The Labute approximate surface area is 202 Å². The summed E-state index contributed by atoms with van der Waals surface area (Å²) in [4.78, 5) is 36.4. The molecule has 2 N–H and O–H groups in total. The van der Waals surface area contributed by atoms with Crippen LogP contribution in [0.2, 0.25) is 0 Å². The number of carbonyl (C=O) groups is 3. The van der Waals surface area contributed by atoms with Crippen LogP contribution in [-0.2, 0) is 4.79 Å². The molecule has 0 aliphatic carbocycles. The van der Waals surface area contributed by atoms with Gasteiger partial charge < -0.3 is 19.5 Å². The molecule has 35 heavy (non-hydrogen) atoms. The number of esters is 1. The molecule has 0 aliphatic rings. The summed E-state index contributed by atoms with van der Waals surface area (Å²) in [6, 6.07) is 20.0. The average molecular weight is 476 g/mol. The number of hydrazone groups is 1. The van der Waals surface area contributed by atoms with Crippen molar-refractivity contribution < 1.29 is 28.6 Å². The second-order valence-electron chi connectivity index (χ2n) is 7.10. The third-order valence-electron chi connectivity index (χ3n) is 4.64. The van der Waals surface area contributed by atoms with E-state index in [1.807, 2.05) is 6.92 Å². The molecule has 0 atom stereocenters. The Morgan fingerprint density at radius 1 is 0.914 bits per heavy atom. The fourth-order valence-electron chi connectivity index (χ4n) is 2.93. The number of hydrogen-bond acceptors (Lipinski definition) is 7. The van der Waals surface area contributed by atoms with E-state index in [0.29, 0.717) is 34.8 Å². The van der Waals surface area contributed by atoms with Gasteiger partial charge in [0.2, 0.25) is 0 Å². The first-order chi connectivity index (χ1) is 17.0. The first kappa shape index (κ1) is 25.0. The third kappa shape index (κ3) is 7.43. The first-order valence-electron chi connectivity index (χ1n) is 10.8. The van der Waals surface area contributed by atoms with E-state index in [-0.39, 0.29) is 12.3 Å². The maximum absolute atomic E-state index is 12.3. The summed E-state index contributed by atoms with van der Waals surface area (Å²) in [6.45, 7) is 2.16. The fourth-order valence-corrected chi connectivity index (χ4v) is 2.93. The van der Waals surface area contributed by atoms with Crippen molar-refractivity contribution in [2.45, 2.75) is 6.92 Å². The highest BCUT2D eigenvalue weighted by atomic mass is 16.6. The van der Waals surface area contributed by atoms with E-state index < -0.39 is 17.8 Å². The van der Waals surface area contributed by atoms with Crippen LogP contribution < -0.4 is 25.0 Å². The van der Waals surface area contributed by atoms with Gasteiger partial charge >= 0.3 is 5.97 Å². The molecule has 0 saturated heterocycles. The first-order valence-corrected chi connectivity index (χ1v) is 10.8. The van der Waals surface area contributed by atoms with Gasteiger partial charge in [0.15, 0.2) is 11.5 Å². The van der Waals surface area contributed by atoms with Crippen LogP contribution in [0.1, 0.15) is 33.2 Å². The molecule has 0 heterocycles. The molecule has 0 unspecified atom stereocenters. The van der Waals surface area contributed by atoms with Gasteiger partial charge in [0.1, 0.15) is 5.75 Å². The number of nitrogens with zero attached hydrogens (tertiary/aromatic N) is 1. The molecule has 0 radical (unpaired) electrons. The molecule has 9 nitrogen and oxygen atoms in total. The van der Waals surface area contributed by atoms with Crippen LogP contribution in [0.5, 0.6) is 17.2 Å². The fraction of sp³-hybridized carbons (Fsp3) is 0.154. The van der Waals surface area contributed by atoms with Gasteiger partial charge in [0, 0.05) is 5.56 Å². The van der Waals surface area contributed by atoms with Crippen LogP contribution >= 0.6 is 0 Å². The lowest BCUT2D eigenvalue weighted by Gasteiger charge is -2.10. The molecule has 0 bridgehead atoms. The zero-order valence-corrected chi connectivity index (χ0v) is 19.3. The van der Waals surface area contributed by atoms with E-state index in [4.69, 9.17) is 14.2 Å². The quantitative estimate of drug-likeness (QED) is 0.201. The van der Waals surface area contributed by atoms with Gasteiger partial charge in [-0.2, -0.15) is 5.10 Å². The molecule has 3 aromatic carbocycles. The van der Waals surface area contributed by atoms with E-state index in [1.165, 1.54) is 13.3 Å². The summed E-state index contributed by atoms with van der Waals surface area (Å²) >= 11 is 0. The number of methoxy groups -OCH3 is 1. The number of ether oxygens (including phenoxy) is 3. The van der Waals surface area contributed by atoms with E-state index in [1.54, 1.807) is 72.8 Å². The number of carbonyl (C=O) groups excluding carboxylic acids is 3. The highest BCUT2D eigenvalue weighted by molar-refractivity contribution is 5.96. The largest absolute Gasteiger partial charge is 0.494 e. The zero-order valence-electron chi connectivity index (χ0n) is 19.3. The Kier molecular flexibility index (Phi) is 8.95. The average Bonchev–Trinajstić information content (AvgIpc) is 2.89. The Morgan fingerprint density at radius 3 is 2.34 bits per heavy atom. The van der Waals surface area contributed by atoms with Crippen LogP contribution in [0, 0.1) is 0 Å². The van der Waals surface area contributed by atoms with Crippen LogP contribution in [0.3, 0.4) is 0 Å². The normalized spacial score (nSPS) is 10.5. The van der Waals surface area contributed by atoms with Gasteiger partial charge in [0.05, 0.1) is 32.0 Å². The number of nitrogens with one attached hydrogen (secondary N) is 2. The molecule has 180 valence electrons. The van der Waals surface area contributed by atoms with E-state index >= 15 is 0 Å². The van der Waals surface area contributed by atoms with Crippen molar-refractivity contribution in [3.63, 3.8) is 0 Å². The molecule has 3 aromatic rings. The van der Waals surface area contributed by atoms with E-state index in [2.05, 4.69) is 15.8 Å². The molecule has 0 saturated carbocycles. The molecule has 0 spiro atoms. The summed E-state index contributed by atoms with van der Waals surface area (Å²) in [5.74, 6) is -0.162. The van der Waals surface area contributed by atoms with Crippen LogP contribution in [-0.4, -0.2) is 44.3 Å². The summed E-state index contributed by atoms with van der Waals surface area (Å²) in [5, 5.41) is 6.40. The third-order valence-corrected chi connectivity index (χ3v) is 4.64. The Balaban J connectivity index is 1.50. The smallest absolute Gasteiger partial charge is 0.343 e. The molecular weight excluding hydrogens is 450 g/mol. The van der Waals surface area contributed by atoms with E-state index in [0.717, 1.165) is 0 Å². The van der Waals surface area contributed by atoms with Crippen molar-refractivity contribution in [1.29, 1.82) is 0 Å². The number of benzene rings is 3. The highest BCUT2D eigenvalue weighted by Gasteiger charge is 2.12. The molecular formula is C26H25N3O6. The minimum atomic E-state index is -0.509. The van der Waals surface area contributed by atoms with Crippen molar-refractivity contribution in [2.24, 2.45) is 5.10 Å². The molecule has 3 rings (SSSR count). The minimum absolute atomic E-state index is 0.249. The maximum Gasteiger partial charge on any atom is 0.343 e. The standard InChI is InChI=1S/C26H25N3O6/c1-3-34-21-12-10-19(11-13-21)25(31)27-17-24(30)29-28-16-18-9-14-22(23(15-18)33-2)35-26(32)20-7-5-4-6-8-20/h4-16H,3,17H2,1-2H3,(H,27,31)(H,29,30)/b28-16-. The van der Waals surface area contributed by atoms with Crippen molar-refractivity contribution in [3.05, 3.63) is 89.5 Å². The summed E-state index contributed by atoms with van der Waals surface area (Å²) in [5.41, 5.74) is 3.76. The SMILES string of the molecule is CCOc1ccc(C(=O)NCC(=O)N/N=C\c2ccc(OC(=O)c3ccccc3)c(OC)c2)cc1. The second kappa shape index (κ2) is 12.5. The predicted octanol–water partition coefficient (Wildman–Crippen LogP) is 3.19. The van der Waals surface area contributed by atoms with Gasteiger partial charge in [-0.15, -0.1) is 0 Å². The lowest BCUT2D eigenvalue weighted by atomic mass is 10.2. The van der Waals surface area contributed by atoms with Crippen molar-refractivity contribution in [2.75, 3.05) is 20.3 Å². The minimum Gasteiger partial charge on any atom is -0.494 e. The van der Waals surface area contributed by atoms with Crippen molar-refractivity contribution in [3.8, 4) is 17.2 Å². The number of amides is 2. The number of rotatable bonds is 10.